The quantitative estimate of drug-likeness (QED) is 0.490. The first-order valence-corrected chi connectivity index (χ1v) is 10.7. The van der Waals surface area contributed by atoms with E-state index in [0.717, 1.165) is 45.5 Å². The summed E-state index contributed by atoms with van der Waals surface area (Å²) in [6.45, 7) is 10.6. The van der Waals surface area contributed by atoms with Crippen LogP contribution in [0.5, 0.6) is 5.75 Å². The molecule has 0 heterocycles. The lowest BCUT2D eigenvalue weighted by Crippen LogP contribution is -2.13. The zero-order valence-electron chi connectivity index (χ0n) is 18.6. The Hall–Kier alpha value is -3.07. The van der Waals surface area contributed by atoms with Gasteiger partial charge in [-0.1, -0.05) is 45.1 Å². The number of rotatable bonds is 6. The molecule has 0 aliphatic heterocycles. The van der Waals surface area contributed by atoms with Crippen LogP contribution < -0.4 is 5.32 Å². The number of phenols is 1. The van der Waals surface area contributed by atoms with Gasteiger partial charge in [0.2, 0.25) is 0 Å². The molecule has 0 saturated carbocycles. The summed E-state index contributed by atoms with van der Waals surface area (Å²) < 4.78 is 0. The second kappa shape index (κ2) is 9.17. The third-order valence-electron chi connectivity index (χ3n) is 5.64. The molecule has 2 aromatic carbocycles. The number of anilines is 1. The summed E-state index contributed by atoms with van der Waals surface area (Å²) in [4.78, 5) is 0. The molecule has 3 rings (SSSR count). The lowest BCUT2D eigenvalue weighted by atomic mass is 9.86. The fraction of sp³-hybridized carbons (Fsp3) is 0.296. The van der Waals surface area contributed by atoms with Crippen molar-refractivity contribution in [2.75, 3.05) is 5.32 Å². The van der Waals surface area contributed by atoms with Gasteiger partial charge in [0, 0.05) is 11.7 Å². The number of aryl methyl sites for hydroxylation is 1. The second-order valence-corrected chi connectivity index (χ2v) is 8.36. The van der Waals surface area contributed by atoms with Gasteiger partial charge >= 0.3 is 0 Å². The highest BCUT2D eigenvalue weighted by molar-refractivity contribution is 6.05. The summed E-state index contributed by atoms with van der Waals surface area (Å²) in [5.41, 5.74) is 7.99. The summed E-state index contributed by atoms with van der Waals surface area (Å²) in [7, 11) is 0. The maximum Gasteiger partial charge on any atom is 0.119 e. The van der Waals surface area contributed by atoms with Gasteiger partial charge in [-0.2, -0.15) is 0 Å². The molecule has 1 aliphatic carbocycles. The lowest BCUT2D eigenvalue weighted by molar-refractivity contribution is 0.464. The molecule has 3 nitrogen and oxygen atoms in total. The van der Waals surface area contributed by atoms with Crippen LogP contribution in [0.2, 0.25) is 0 Å². The molecule has 0 fully saturated rings. The van der Waals surface area contributed by atoms with Gasteiger partial charge in [-0.3, -0.25) is 0 Å². The standard InChI is InChI=1S/C27H32N2O/c1-6-19(5)29-23-13-9-21(10-14-23)27(20-7-11-22(28)12-8-20)25-16-24(17(2)3)26(30)15-18(25)4/h7-17,19,28-30H,6H2,1-5H3. The fourth-order valence-corrected chi connectivity index (χ4v) is 3.68. The van der Waals surface area contributed by atoms with Gasteiger partial charge in [0.25, 0.3) is 0 Å². The largest absolute Gasteiger partial charge is 0.508 e. The Kier molecular flexibility index (Phi) is 6.61. The Labute approximate surface area is 180 Å². The molecule has 0 amide bonds. The molecular weight excluding hydrogens is 368 g/mol. The zero-order valence-corrected chi connectivity index (χ0v) is 18.6. The fourth-order valence-electron chi connectivity index (χ4n) is 3.68. The van der Waals surface area contributed by atoms with Crippen molar-refractivity contribution < 1.29 is 5.11 Å². The van der Waals surface area contributed by atoms with Gasteiger partial charge in [-0.25, -0.2) is 0 Å². The Bertz CT molecular complexity index is 1010. The molecule has 0 radical (unpaired) electrons. The first-order valence-electron chi connectivity index (χ1n) is 10.7. The van der Waals surface area contributed by atoms with Crippen LogP contribution in [0.3, 0.4) is 0 Å². The molecule has 2 aromatic rings. The van der Waals surface area contributed by atoms with Crippen molar-refractivity contribution in [2.24, 2.45) is 0 Å². The maximum absolute atomic E-state index is 10.4. The van der Waals surface area contributed by atoms with Crippen LogP contribution in [0.15, 0.2) is 66.3 Å². The molecule has 3 heteroatoms. The van der Waals surface area contributed by atoms with Gasteiger partial charge in [0.05, 0.1) is 5.71 Å². The Morgan fingerprint density at radius 3 is 2.20 bits per heavy atom. The van der Waals surface area contributed by atoms with E-state index in [4.69, 9.17) is 5.41 Å². The molecule has 0 spiro atoms. The molecular formula is C27H32N2O. The van der Waals surface area contributed by atoms with Crippen LogP contribution in [-0.4, -0.2) is 16.9 Å². The summed E-state index contributed by atoms with van der Waals surface area (Å²) >= 11 is 0. The number of benzene rings is 2. The van der Waals surface area contributed by atoms with E-state index in [1.54, 1.807) is 0 Å². The molecule has 1 aliphatic rings. The van der Waals surface area contributed by atoms with E-state index < -0.39 is 0 Å². The monoisotopic (exact) mass is 400 g/mol. The number of hydrogen-bond donors (Lipinski definition) is 3. The third kappa shape index (κ3) is 4.73. The van der Waals surface area contributed by atoms with Gasteiger partial charge in [-0.05, 0) is 96.0 Å². The first kappa shape index (κ1) is 21.6. The predicted octanol–water partition coefficient (Wildman–Crippen LogP) is 6.98. The van der Waals surface area contributed by atoms with Crippen LogP contribution in [-0.2, 0) is 0 Å². The van der Waals surface area contributed by atoms with E-state index >= 15 is 0 Å². The smallest absolute Gasteiger partial charge is 0.119 e. The minimum Gasteiger partial charge on any atom is -0.508 e. The van der Waals surface area contributed by atoms with Crippen molar-refractivity contribution >= 4 is 17.0 Å². The Balaban J connectivity index is 2.16. The molecule has 1 unspecified atom stereocenters. The Morgan fingerprint density at radius 2 is 1.63 bits per heavy atom. The van der Waals surface area contributed by atoms with Crippen LogP contribution in [0.1, 0.15) is 62.3 Å². The first-order chi connectivity index (χ1) is 14.3. The van der Waals surface area contributed by atoms with Crippen molar-refractivity contribution in [1.29, 1.82) is 5.41 Å². The van der Waals surface area contributed by atoms with Crippen LogP contribution in [0.25, 0.3) is 5.57 Å². The molecule has 156 valence electrons. The molecule has 3 N–H and O–H groups in total. The topological polar surface area (TPSA) is 56.1 Å². The van der Waals surface area contributed by atoms with Gasteiger partial charge in [0.15, 0.2) is 0 Å². The molecule has 0 aromatic heterocycles. The number of nitrogens with one attached hydrogen (secondary N) is 2. The average Bonchev–Trinajstić information content (AvgIpc) is 2.71. The van der Waals surface area contributed by atoms with Crippen molar-refractivity contribution in [3.05, 3.63) is 88.5 Å². The number of allylic oxidation sites excluding steroid dienone is 5. The summed E-state index contributed by atoms with van der Waals surface area (Å²) in [6.07, 6.45) is 8.73. The van der Waals surface area contributed by atoms with Gasteiger partial charge < -0.3 is 15.8 Å². The van der Waals surface area contributed by atoms with Gasteiger partial charge in [0.1, 0.15) is 5.75 Å². The van der Waals surface area contributed by atoms with Gasteiger partial charge in [-0.15, -0.1) is 0 Å². The van der Waals surface area contributed by atoms with E-state index in [1.165, 1.54) is 0 Å². The summed E-state index contributed by atoms with van der Waals surface area (Å²) in [5, 5.41) is 21.8. The van der Waals surface area contributed by atoms with Crippen LogP contribution in [0, 0.1) is 12.3 Å². The normalized spacial score (nSPS) is 14.3. The van der Waals surface area contributed by atoms with E-state index in [0.29, 0.717) is 17.5 Å². The summed E-state index contributed by atoms with van der Waals surface area (Å²) in [6, 6.07) is 13.0. The van der Waals surface area contributed by atoms with Crippen molar-refractivity contribution in [2.45, 2.75) is 53.0 Å². The molecule has 1 atom stereocenters. The minimum absolute atomic E-state index is 0.225. The van der Waals surface area contributed by atoms with Crippen LogP contribution in [0.4, 0.5) is 5.69 Å². The number of phenolic OH excluding ortho intramolecular Hbond substituents is 1. The van der Waals surface area contributed by atoms with E-state index in [2.05, 4.69) is 63.3 Å². The second-order valence-electron chi connectivity index (χ2n) is 8.36. The van der Waals surface area contributed by atoms with Crippen molar-refractivity contribution in [1.82, 2.24) is 0 Å². The third-order valence-corrected chi connectivity index (χ3v) is 5.64. The summed E-state index contributed by atoms with van der Waals surface area (Å²) in [5.74, 6) is 0.573. The highest BCUT2D eigenvalue weighted by atomic mass is 16.3. The predicted molar refractivity (Wildman–Crippen MR) is 129 cm³/mol. The minimum atomic E-state index is 0.225. The van der Waals surface area contributed by atoms with Crippen molar-refractivity contribution in [3.63, 3.8) is 0 Å². The highest BCUT2D eigenvalue weighted by Crippen LogP contribution is 2.37. The lowest BCUT2D eigenvalue weighted by Gasteiger charge is -2.20. The number of aromatic hydroxyl groups is 1. The maximum atomic E-state index is 10.4. The van der Waals surface area contributed by atoms with E-state index in [9.17, 15) is 5.11 Å². The molecule has 0 saturated heterocycles. The van der Waals surface area contributed by atoms with E-state index in [1.807, 2.05) is 37.3 Å². The molecule has 0 bridgehead atoms. The SMILES string of the molecule is CCC(C)Nc1ccc(C(=C2C=CC(=N)C=C2)c2cc(C(C)C)c(O)cc2C)cc1. The van der Waals surface area contributed by atoms with Crippen LogP contribution >= 0.6 is 0 Å². The zero-order chi connectivity index (χ0) is 21.8. The highest BCUT2D eigenvalue weighted by Gasteiger charge is 2.17. The Morgan fingerprint density at radius 1 is 1.00 bits per heavy atom. The average molecular weight is 401 g/mol. The number of hydrogen-bond acceptors (Lipinski definition) is 3. The van der Waals surface area contributed by atoms with Crippen molar-refractivity contribution in [3.8, 4) is 5.75 Å². The van der Waals surface area contributed by atoms with E-state index in [-0.39, 0.29) is 5.92 Å². The molecule has 30 heavy (non-hydrogen) atoms.